The van der Waals surface area contributed by atoms with E-state index in [2.05, 4.69) is 0 Å². The number of hydrogen-bond acceptors (Lipinski definition) is 5. The molecule has 0 spiro atoms. The first-order chi connectivity index (χ1) is 8.23. The molecule has 0 aromatic heterocycles. The van der Waals surface area contributed by atoms with Crippen LogP contribution in [-0.4, -0.2) is 41.5 Å². The highest BCUT2D eigenvalue weighted by Gasteiger charge is 2.39. The molecule has 0 saturated carbocycles. The van der Waals surface area contributed by atoms with Crippen LogP contribution in [0.1, 0.15) is 27.7 Å². The van der Waals surface area contributed by atoms with Crippen LogP contribution in [0, 0.1) is 11.8 Å². The Morgan fingerprint density at radius 2 is 2.00 bits per heavy atom. The van der Waals surface area contributed by atoms with Gasteiger partial charge in [-0.3, -0.25) is 9.05 Å². The maximum Gasteiger partial charge on any atom is 0.472 e. The molecule has 0 aromatic rings. The van der Waals surface area contributed by atoms with Crippen molar-refractivity contribution in [2.45, 2.75) is 46.0 Å². The third kappa shape index (κ3) is 4.61. The van der Waals surface area contributed by atoms with Crippen LogP contribution in [0.25, 0.3) is 0 Å². The van der Waals surface area contributed by atoms with Crippen molar-refractivity contribution in [1.82, 2.24) is 0 Å². The summed E-state index contributed by atoms with van der Waals surface area (Å²) in [6.45, 7) is 7.42. The predicted molar refractivity (Wildman–Crippen MR) is 66.1 cm³/mol. The SMILES string of the molecule is CC(C)OP(=O)(O)OC[C@H]1OC[C@H](O)C1C(C)C. The summed E-state index contributed by atoms with van der Waals surface area (Å²) in [6, 6.07) is 0. The standard InChI is InChI=1S/C11H23O6P/c1-7(2)11-9(12)5-15-10(11)6-16-18(13,14)17-8(3)4/h7-12H,5-6H2,1-4H3,(H,13,14)/t9-,10+,11?/m0/s1. The maximum atomic E-state index is 11.5. The number of phosphoric ester groups is 1. The van der Waals surface area contributed by atoms with E-state index in [0.717, 1.165) is 0 Å². The van der Waals surface area contributed by atoms with Gasteiger partial charge in [-0.15, -0.1) is 0 Å². The van der Waals surface area contributed by atoms with Gasteiger partial charge in [0, 0.05) is 5.92 Å². The second kappa shape index (κ2) is 6.46. The molecule has 1 rings (SSSR count). The molecule has 0 amide bonds. The molecule has 1 aliphatic heterocycles. The third-order valence-corrected chi connectivity index (χ3v) is 4.03. The van der Waals surface area contributed by atoms with Crippen molar-refractivity contribution in [3.63, 3.8) is 0 Å². The summed E-state index contributed by atoms with van der Waals surface area (Å²) in [7, 11) is -4.04. The number of phosphoric acid groups is 1. The minimum atomic E-state index is -4.04. The van der Waals surface area contributed by atoms with E-state index in [1.165, 1.54) is 0 Å². The molecule has 1 heterocycles. The van der Waals surface area contributed by atoms with E-state index in [4.69, 9.17) is 13.8 Å². The lowest BCUT2D eigenvalue weighted by atomic mass is 9.88. The molecule has 0 radical (unpaired) electrons. The van der Waals surface area contributed by atoms with Crippen molar-refractivity contribution in [3.8, 4) is 0 Å². The van der Waals surface area contributed by atoms with Gasteiger partial charge in [-0.25, -0.2) is 4.57 Å². The van der Waals surface area contributed by atoms with Crippen LogP contribution >= 0.6 is 7.82 Å². The van der Waals surface area contributed by atoms with Gasteiger partial charge in [-0.05, 0) is 19.8 Å². The van der Waals surface area contributed by atoms with Gasteiger partial charge in [-0.1, -0.05) is 13.8 Å². The van der Waals surface area contributed by atoms with Crippen molar-refractivity contribution in [2.75, 3.05) is 13.2 Å². The fourth-order valence-corrected chi connectivity index (χ4v) is 3.12. The molecule has 0 aliphatic carbocycles. The van der Waals surface area contributed by atoms with Crippen LogP contribution in [0.2, 0.25) is 0 Å². The van der Waals surface area contributed by atoms with Crippen molar-refractivity contribution in [3.05, 3.63) is 0 Å². The lowest BCUT2D eigenvalue weighted by Crippen LogP contribution is -2.31. The number of ether oxygens (including phenoxy) is 1. The Kier molecular flexibility index (Phi) is 5.77. The third-order valence-electron chi connectivity index (χ3n) is 2.87. The first-order valence-corrected chi connectivity index (χ1v) is 7.68. The summed E-state index contributed by atoms with van der Waals surface area (Å²) in [6.07, 6.45) is -1.32. The Morgan fingerprint density at radius 3 is 2.50 bits per heavy atom. The smallest absolute Gasteiger partial charge is 0.390 e. The molecule has 1 saturated heterocycles. The zero-order valence-corrected chi connectivity index (χ0v) is 12.2. The van der Waals surface area contributed by atoms with Crippen molar-refractivity contribution in [2.24, 2.45) is 11.8 Å². The lowest BCUT2D eigenvalue weighted by Gasteiger charge is -2.24. The first kappa shape index (κ1) is 16.1. The van der Waals surface area contributed by atoms with E-state index >= 15 is 0 Å². The summed E-state index contributed by atoms with van der Waals surface area (Å²) >= 11 is 0. The molecule has 0 bridgehead atoms. The molecule has 0 aromatic carbocycles. The Bertz CT molecular complexity index is 306. The normalized spacial score (nSPS) is 32.1. The minimum Gasteiger partial charge on any atom is -0.390 e. The number of rotatable bonds is 6. The number of aliphatic hydroxyl groups excluding tert-OH is 1. The average Bonchev–Trinajstić information content (AvgIpc) is 2.54. The fourth-order valence-electron chi connectivity index (χ4n) is 2.19. The number of hydrogen-bond donors (Lipinski definition) is 2. The first-order valence-electron chi connectivity index (χ1n) is 6.18. The van der Waals surface area contributed by atoms with Gasteiger partial charge in [-0.2, -0.15) is 0 Å². The Hall–Kier alpha value is 0.0300. The van der Waals surface area contributed by atoms with Gasteiger partial charge >= 0.3 is 7.82 Å². The summed E-state index contributed by atoms with van der Waals surface area (Å²) in [5, 5.41) is 9.76. The van der Waals surface area contributed by atoms with E-state index < -0.39 is 20.0 Å². The second-order valence-corrected chi connectivity index (χ2v) is 6.59. The van der Waals surface area contributed by atoms with Crippen LogP contribution in [0.5, 0.6) is 0 Å². The largest absolute Gasteiger partial charge is 0.472 e. The molecule has 1 fully saturated rings. The molecule has 1 aliphatic rings. The summed E-state index contributed by atoms with van der Waals surface area (Å²) in [5.74, 6) is 0.115. The summed E-state index contributed by atoms with van der Waals surface area (Å²) in [4.78, 5) is 9.43. The van der Waals surface area contributed by atoms with Gasteiger partial charge in [0.1, 0.15) is 0 Å². The van der Waals surface area contributed by atoms with Gasteiger partial charge in [0.25, 0.3) is 0 Å². The molecule has 4 atom stereocenters. The van der Waals surface area contributed by atoms with E-state index in [9.17, 15) is 14.6 Å². The molecule has 18 heavy (non-hydrogen) atoms. The van der Waals surface area contributed by atoms with Gasteiger partial charge in [0.05, 0.1) is 31.5 Å². The zero-order valence-electron chi connectivity index (χ0n) is 11.3. The fraction of sp³-hybridized carbons (Fsp3) is 1.00. The maximum absolute atomic E-state index is 11.5. The van der Waals surface area contributed by atoms with E-state index in [1.54, 1.807) is 13.8 Å². The Morgan fingerprint density at radius 1 is 1.39 bits per heavy atom. The van der Waals surface area contributed by atoms with Crippen LogP contribution in [0.15, 0.2) is 0 Å². The Labute approximate surface area is 108 Å². The molecule has 6 nitrogen and oxygen atoms in total. The summed E-state index contributed by atoms with van der Waals surface area (Å²) < 4.78 is 26.6. The highest BCUT2D eigenvalue weighted by molar-refractivity contribution is 7.47. The van der Waals surface area contributed by atoms with Crippen molar-refractivity contribution < 1.29 is 28.3 Å². The van der Waals surface area contributed by atoms with Crippen LogP contribution in [-0.2, 0) is 18.3 Å². The van der Waals surface area contributed by atoms with Crippen molar-refractivity contribution >= 4 is 7.82 Å². The topological polar surface area (TPSA) is 85.2 Å². The van der Waals surface area contributed by atoms with E-state index in [0.29, 0.717) is 0 Å². The quantitative estimate of drug-likeness (QED) is 0.719. The predicted octanol–water partition coefficient (Wildman–Crippen LogP) is 1.56. The molecular formula is C11H23O6P. The number of aliphatic hydroxyl groups is 1. The van der Waals surface area contributed by atoms with Crippen LogP contribution < -0.4 is 0 Å². The zero-order chi connectivity index (χ0) is 13.9. The van der Waals surface area contributed by atoms with Crippen molar-refractivity contribution in [1.29, 1.82) is 0 Å². The van der Waals surface area contributed by atoms with Gasteiger partial charge in [0.2, 0.25) is 0 Å². The minimum absolute atomic E-state index is 0.0552. The van der Waals surface area contributed by atoms with E-state index in [1.807, 2.05) is 13.8 Å². The average molecular weight is 282 g/mol. The van der Waals surface area contributed by atoms with E-state index in [-0.39, 0.29) is 31.2 Å². The molecular weight excluding hydrogens is 259 g/mol. The molecule has 108 valence electrons. The van der Waals surface area contributed by atoms with Crippen LogP contribution in [0.3, 0.4) is 0 Å². The lowest BCUT2D eigenvalue weighted by molar-refractivity contribution is 0.0197. The molecule has 2 unspecified atom stereocenters. The molecule has 2 N–H and O–H groups in total. The highest BCUT2D eigenvalue weighted by Crippen LogP contribution is 2.45. The second-order valence-electron chi connectivity index (χ2n) is 5.18. The van der Waals surface area contributed by atoms with Crippen LogP contribution in [0.4, 0.5) is 0 Å². The monoisotopic (exact) mass is 282 g/mol. The Balaban J connectivity index is 2.50. The highest BCUT2D eigenvalue weighted by atomic mass is 31.2. The van der Waals surface area contributed by atoms with Gasteiger partial charge < -0.3 is 14.7 Å². The van der Waals surface area contributed by atoms with Gasteiger partial charge in [0.15, 0.2) is 0 Å². The molecule has 7 heteroatoms. The summed E-state index contributed by atoms with van der Waals surface area (Å²) in [5.41, 5.74) is 0.